The van der Waals surface area contributed by atoms with Crippen LogP contribution in [0.4, 0.5) is 39.5 Å². The lowest BCUT2D eigenvalue weighted by molar-refractivity contribution is -0.137. The number of nitrogen functional groups attached to an aromatic ring is 1. The molecule has 0 unspecified atom stereocenters. The molecule has 2 aromatic heterocycles. The zero-order valence-corrected chi connectivity index (χ0v) is 19.7. The summed E-state index contributed by atoms with van der Waals surface area (Å²) in [5.74, 6) is -0.452. The quantitative estimate of drug-likeness (QED) is 0.218. The van der Waals surface area contributed by atoms with Crippen molar-refractivity contribution in [3.63, 3.8) is 0 Å². The van der Waals surface area contributed by atoms with E-state index in [-0.39, 0.29) is 17.2 Å². The van der Waals surface area contributed by atoms with Crippen LogP contribution in [-0.2, 0) is 6.18 Å². The molecule has 0 saturated carbocycles. The van der Waals surface area contributed by atoms with E-state index < -0.39 is 29.3 Å². The van der Waals surface area contributed by atoms with Crippen LogP contribution in [0.15, 0.2) is 77.5 Å². The maximum Gasteiger partial charge on any atom is 0.416 e. The third-order valence-corrected chi connectivity index (χ3v) is 5.74. The van der Waals surface area contributed by atoms with Crippen LogP contribution in [0.1, 0.15) is 11.1 Å². The van der Waals surface area contributed by atoms with E-state index in [4.69, 9.17) is 10.2 Å². The molecular formula is C27H16F4N6O2. The number of carbonyl (C=O) groups excluding carboxylic acids is 1. The van der Waals surface area contributed by atoms with Gasteiger partial charge in [0.15, 0.2) is 0 Å². The third kappa shape index (κ3) is 5.05. The molecule has 0 spiro atoms. The van der Waals surface area contributed by atoms with Crippen molar-refractivity contribution in [3.05, 3.63) is 90.0 Å². The number of benzene rings is 3. The number of hydrogen-bond acceptors (Lipinski definition) is 6. The van der Waals surface area contributed by atoms with Crippen molar-refractivity contribution < 1.29 is 26.8 Å². The smallest absolute Gasteiger partial charge is 0.416 e. The molecule has 5 rings (SSSR count). The first kappa shape index (κ1) is 25.2. The number of amides is 2. The zero-order valence-electron chi connectivity index (χ0n) is 19.7. The second-order valence-corrected chi connectivity index (χ2v) is 8.29. The lowest BCUT2D eigenvalue weighted by Crippen LogP contribution is -2.20. The Hall–Kier alpha value is -5.44. The molecule has 8 nitrogen and oxygen atoms in total. The Morgan fingerprint density at radius 2 is 1.74 bits per heavy atom. The topological polar surface area (TPSA) is 130 Å². The highest BCUT2D eigenvalue weighted by Crippen LogP contribution is 2.42. The number of hydrogen-bond donors (Lipinski definition) is 3. The summed E-state index contributed by atoms with van der Waals surface area (Å²) >= 11 is 0. The molecule has 0 aliphatic heterocycles. The van der Waals surface area contributed by atoms with Gasteiger partial charge < -0.3 is 20.8 Å². The molecule has 0 radical (unpaired) electrons. The molecule has 0 fully saturated rings. The Morgan fingerprint density at radius 1 is 0.974 bits per heavy atom. The fourth-order valence-electron chi connectivity index (χ4n) is 3.97. The predicted octanol–water partition coefficient (Wildman–Crippen LogP) is 6.81. The van der Waals surface area contributed by atoms with Crippen LogP contribution in [0.3, 0.4) is 0 Å². The van der Waals surface area contributed by atoms with Crippen LogP contribution in [0.25, 0.3) is 33.6 Å². The normalized spacial score (nSPS) is 11.3. The number of fused-ring (bicyclic) bond motifs is 1. The highest BCUT2D eigenvalue weighted by molar-refractivity contribution is 6.06. The van der Waals surface area contributed by atoms with Crippen LogP contribution in [0, 0.1) is 17.1 Å². The maximum atomic E-state index is 14.0. The average molecular weight is 532 g/mol. The van der Waals surface area contributed by atoms with Crippen molar-refractivity contribution in [1.82, 2.24) is 9.97 Å². The second kappa shape index (κ2) is 9.79. The number of nitriles is 1. The molecule has 4 N–H and O–H groups in total. The number of furan rings is 1. The molecule has 0 atom stereocenters. The van der Waals surface area contributed by atoms with Crippen molar-refractivity contribution in [2.45, 2.75) is 6.18 Å². The molecule has 0 aliphatic carbocycles. The summed E-state index contributed by atoms with van der Waals surface area (Å²) in [6.07, 6.45) is -3.43. The number of urea groups is 1. The van der Waals surface area contributed by atoms with Crippen LogP contribution in [0.5, 0.6) is 0 Å². The Bertz CT molecular complexity index is 1760. The van der Waals surface area contributed by atoms with E-state index in [9.17, 15) is 27.6 Å². The van der Waals surface area contributed by atoms with E-state index in [1.54, 1.807) is 36.4 Å². The molecule has 2 heterocycles. The lowest BCUT2D eigenvalue weighted by atomic mass is 9.98. The number of halogens is 4. The summed E-state index contributed by atoms with van der Waals surface area (Å²) in [5, 5.41) is 14.3. The highest BCUT2D eigenvalue weighted by Gasteiger charge is 2.31. The van der Waals surface area contributed by atoms with Gasteiger partial charge in [0.25, 0.3) is 0 Å². The number of nitrogens with two attached hydrogens (primary N) is 1. The number of anilines is 3. The minimum absolute atomic E-state index is 0.172. The third-order valence-electron chi connectivity index (χ3n) is 5.74. The molecule has 12 heteroatoms. The summed E-state index contributed by atoms with van der Waals surface area (Å²) in [7, 11) is 0. The summed E-state index contributed by atoms with van der Waals surface area (Å²) in [6.45, 7) is 0. The monoisotopic (exact) mass is 532 g/mol. The largest absolute Gasteiger partial charge is 0.437 e. The number of rotatable bonds is 4. The zero-order chi connectivity index (χ0) is 27.7. The molecule has 0 aliphatic rings. The average Bonchev–Trinajstić information content (AvgIpc) is 3.31. The van der Waals surface area contributed by atoms with Gasteiger partial charge in [0.2, 0.25) is 5.71 Å². The minimum Gasteiger partial charge on any atom is -0.437 e. The van der Waals surface area contributed by atoms with Gasteiger partial charge in [-0.15, -0.1) is 0 Å². The Labute approximate surface area is 217 Å². The molecule has 3 aromatic carbocycles. The van der Waals surface area contributed by atoms with Gasteiger partial charge in [-0.3, -0.25) is 0 Å². The first-order chi connectivity index (χ1) is 18.6. The summed E-state index contributed by atoms with van der Waals surface area (Å²) < 4.78 is 58.8. The van der Waals surface area contributed by atoms with E-state index in [1.165, 1.54) is 18.5 Å². The molecular weight excluding hydrogens is 516 g/mol. The van der Waals surface area contributed by atoms with Crippen molar-refractivity contribution in [3.8, 4) is 28.5 Å². The van der Waals surface area contributed by atoms with E-state index in [1.807, 2.05) is 0 Å². The molecule has 5 aromatic rings. The Kier molecular flexibility index (Phi) is 6.33. The van der Waals surface area contributed by atoms with E-state index in [0.29, 0.717) is 51.6 Å². The molecule has 2 amide bonds. The Morgan fingerprint density at radius 3 is 2.46 bits per heavy atom. The summed E-state index contributed by atoms with van der Waals surface area (Å²) in [6, 6.07) is 16.0. The number of carbonyl (C=O) groups is 1. The fourth-order valence-corrected chi connectivity index (χ4v) is 3.97. The van der Waals surface area contributed by atoms with Crippen molar-refractivity contribution in [1.29, 1.82) is 5.26 Å². The minimum atomic E-state index is -4.70. The van der Waals surface area contributed by atoms with Crippen LogP contribution >= 0.6 is 0 Å². The highest BCUT2D eigenvalue weighted by atomic mass is 19.4. The SMILES string of the molecule is N#Cc1cccc(-c2oc3ncnc(N)c3c2-c2ccc(NC(=O)Nc3cc(C(F)(F)F)ccc3F)cc2)c1. The van der Waals surface area contributed by atoms with Gasteiger partial charge in [-0.25, -0.2) is 19.2 Å². The van der Waals surface area contributed by atoms with Gasteiger partial charge in [-0.05, 0) is 48.0 Å². The van der Waals surface area contributed by atoms with Crippen LogP contribution < -0.4 is 16.4 Å². The van der Waals surface area contributed by atoms with Crippen molar-refractivity contribution in [2.24, 2.45) is 0 Å². The summed E-state index contributed by atoms with van der Waals surface area (Å²) in [5.41, 5.74) is 7.10. The fraction of sp³-hybridized carbons (Fsp3) is 0.0370. The summed E-state index contributed by atoms with van der Waals surface area (Å²) in [4.78, 5) is 20.6. The molecule has 0 bridgehead atoms. The Balaban J connectivity index is 1.45. The van der Waals surface area contributed by atoms with E-state index >= 15 is 0 Å². The lowest BCUT2D eigenvalue weighted by Gasteiger charge is -2.12. The standard InChI is InChI=1S/C27H16F4N6O2/c28-19-9-6-17(27(29,30)31)11-20(19)37-26(38)36-18-7-4-15(5-8-18)21-22-24(33)34-13-35-25(22)39-23(21)16-3-1-2-14(10-16)12-32/h1-11,13H,(H2,33,34,35)(H2,36,37,38). The van der Waals surface area contributed by atoms with Gasteiger partial charge in [0.05, 0.1) is 28.3 Å². The predicted molar refractivity (Wildman–Crippen MR) is 136 cm³/mol. The molecule has 0 saturated heterocycles. The van der Waals surface area contributed by atoms with Crippen LogP contribution in [-0.4, -0.2) is 16.0 Å². The van der Waals surface area contributed by atoms with E-state index in [0.717, 1.165) is 0 Å². The number of nitrogens with zero attached hydrogens (tertiary/aromatic N) is 3. The van der Waals surface area contributed by atoms with Crippen molar-refractivity contribution >= 4 is 34.3 Å². The van der Waals surface area contributed by atoms with Crippen molar-refractivity contribution in [2.75, 3.05) is 16.4 Å². The second-order valence-electron chi connectivity index (χ2n) is 8.29. The number of nitrogens with one attached hydrogen (secondary N) is 2. The number of alkyl halides is 3. The van der Waals surface area contributed by atoms with Gasteiger partial charge >= 0.3 is 12.2 Å². The van der Waals surface area contributed by atoms with Gasteiger partial charge in [0, 0.05) is 16.8 Å². The van der Waals surface area contributed by atoms with Gasteiger partial charge in [-0.1, -0.05) is 24.3 Å². The van der Waals surface area contributed by atoms with E-state index in [2.05, 4.69) is 26.7 Å². The first-order valence-electron chi connectivity index (χ1n) is 11.2. The number of aromatic nitrogens is 2. The first-order valence-corrected chi connectivity index (χ1v) is 11.2. The maximum absolute atomic E-state index is 14.0. The van der Waals surface area contributed by atoms with Gasteiger partial charge in [-0.2, -0.15) is 18.4 Å². The van der Waals surface area contributed by atoms with Crippen LogP contribution in [0.2, 0.25) is 0 Å². The molecule has 39 heavy (non-hydrogen) atoms. The molecule has 194 valence electrons. The van der Waals surface area contributed by atoms with Gasteiger partial charge in [0.1, 0.15) is 23.7 Å².